The van der Waals surface area contributed by atoms with Crippen molar-refractivity contribution in [1.29, 1.82) is 0 Å². The summed E-state index contributed by atoms with van der Waals surface area (Å²) in [5, 5.41) is 0.160. The molecule has 0 bridgehead atoms. The smallest absolute Gasteiger partial charge is 0.123 e. The number of aldehydes is 1. The van der Waals surface area contributed by atoms with Gasteiger partial charge in [-0.05, 0) is 18.0 Å². The van der Waals surface area contributed by atoms with E-state index in [2.05, 4.69) is 23.1 Å². The molecule has 0 saturated heterocycles. The molecule has 0 saturated carbocycles. The van der Waals surface area contributed by atoms with E-state index in [0.29, 0.717) is 0 Å². The van der Waals surface area contributed by atoms with Gasteiger partial charge in [0, 0.05) is 5.92 Å². The van der Waals surface area contributed by atoms with Gasteiger partial charge < -0.3 is 4.79 Å². The molecule has 0 heterocycles. The summed E-state index contributed by atoms with van der Waals surface area (Å²) in [5.41, 5.74) is 0. The van der Waals surface area contributed by atoms with E-state index >= 15 is 0 Å². The molecule has 84 valence electrons. The Morgan fingerprint density at radius 1 is 1.21 bits per heavy atom. The van der Waals surface area contributed by atoms with Crippen LogP contribution in [0.1, 0.15) is 59.3 Å². The second-order valence-electron chi connectivity index (χ2n) is 4.37. The largest absolute Gasteiger partial charge is 0.303 e. The molecule has 1 nitrogen and oxygen atoms in total. The molecule has 0 N–H and O–H groups in total. The molecule has 0 rings (SSSR count). The molecule has 0 aliphatic carbocycles. The maximum atomic E-state index is 10.9. The second-order valence-corrected chi connectivity index (χ2v) is 5.51. The number of hydrogen-bond acceptors (Lipinski definition) is 1. The zero-order valence-electron chi connectivity index (χ0n) is 9.88. The Hall–Kier alpha value is 0.100. The summed E-state index contributed by atoms with van der Waals surface area (Å²) in [6.45, 7) is 6.46. The third-order valence-electron chi connectivity index (χ3n) is 3.10. The minimum absolute atomic E-state index is 0.160. The van der Waals surface area contributed by atoms with E-state index < -0.39 is 0 Å². The molecule has 2 unspecified atom stereocenters. The Morgan fingerprint density at radius 3 is 1.93 bits per heavy atom. The first-order valence-electron chi connectivity index (χ1n) is 5.85. The lowest BCUT2D eigenvalue weighted by molar-refractivity contribution is -0.111. The van der Waals surface area contributed by atoms with Gasteiger partial charge in [0.25, 0.3) is 0 Å². The molecule has 0 aromatic heterocycles. The van der Waals surface area contributed by atoms with Gasteiger partial charge in [0.15, 0.2) is 0 Å². The van der Waals surface area contributed by atoms with Crippen molar-refractivity contribution in [2.75, 3.05) is 0 Å². The molecular weight excluding hydrogens is 191 g/mol. The van der Waals surface area contributed by atoms with Crippen LogP contribution in [0.2, 0.25) is 0 Å². The highest BCUT2D eigenvalue weighted by Gasteiger charge is 2.29. The molecule has 0 spiro atoms. The van der Waals surface area contributed by atoms with Crippen LogP contribution in [0.3, 0.4) is 0 Å². The lowest BCUT2D eigenvalue weighted by Crippen LogP contribution is -2.30. The van der Waals surface area contributed by atoms with Crippen molar-refractivity contribution in [1.82, 2.24) is 0 Å². The third-order valence-corrected chi connectivity index (χ3v) is 4.21. The van der Waals surface area contributed by atoms with Crippen molar-refractivity contribution in [3.8, 4) is 0 Å². The first-order valence-corrected chi connectivity index (χ1v) is 6.42. The van der Waals surface area contributed by atoms with Crippen LogP contribution in [0.25, 0.3) is 0 Å². The number of carbonyl (C=O) groups is 1. The first-order chi connectivity index (χ1) is 6.60. The van der Waals surface area contributed by atoms with Crippen LogP contribution in [0.4, 0.5) is 0 Å². The number of unbranched alkanes of at least 4 members (excludes halogenated alkanes) is 2. The zero-order valence-corrected chi connectivity index (χ0v) is 11.0. The Labute approximate surface area is 91.2 Å². The summed E-state index contributed by atoms with van der Waals surface area (Å²) in [6, 6.07) is 0. The molecular formula is C12H25OP. The highest BCUT2D eigenvalue weighted by Crippen LogP contribution is 2.37. The van der Waals surface area contributed by atoms with Crippen LogP contribution in [-0.2, 0) is 4.79 Å². The highest BCUT2D eigenvalue weighted by molar-refractivity contribution is 7.19. The van der Waals surface area contributed by atoms with Crippen LogP contribution in [0.15, 0.2) is 0 Å². The predicted octanol–water partition coefficient (Wildman–Crippen LogP) is 3.82. The van der Waals surface area contributed by atoms with E-state index in [1.165, 1.54) is 25.7 Å². The van der Waals surface area contributed by atoms with Gasteiger partial charge >= 0.3 is 0 Å². The Bertz CT molecular complexity index is 148. The van der Waals surface area contributed by atoms with Gasteiger partial charge in [-0.25, -0.2) is 0 Å². The maximum Gasteiger partial charge on any atom is 0.123 e. The monoisotopic (exact) mass is 216 g/mol. The fourth-order valence-electron chi connectivity index (χ4n) is 1.73. The lowest BCUT2D eigenvalue weighted by atomic mass is 9.85. The van der Waals surface area contributed by atoms with E-state index in [0.717, 1.165) is 19.1 Å². The number of hydrogen-bond donors (Lipinski definition) is 0. The first kappa shape index (κ1) is 14.1. The van der Waals surface area contributed by atoms with Crippen LogP contribution in [0.5, 0.6) is 0 Å². The van der Waals surface area contributed by atoms with Crippen LogP contribution < -0.4 is 0 Å². The summed E-state index contributed by atoms with van der Waals surface area (Å²) in [5.74, 6) is 0.172. The summed E-state index contributed by atoms with van der Waals surface area (Å²) < 4.78 is 0. The second kappa shape index (κ2) is 7.40. The molecule has 2 atom stereocenters. The zero-order chi connectivity index (χ0) is 11.0. The fourth-order valence-corrected chi connectivity index (χ4v) is 2.21. The normalized spacial score (nSPS) is 14.0. The molecule has 0 aromatic rings. The summed E-state index contributed by atoms with van der Waals surface area (Å²) >= 11 is 0. The van der Waals surface area contributed by atoms with Crippen molar-refractivity contribution in [3.63, 3.8) is 0 Å². The molecule has 0 aromatic carbocycles. The van der Waals surface area contributed by atoms with Gasteiger partial charge in [-0.15, -0.1) is 9.24 Å². The highest BCUT2D eigenvalue weighted by atomic mass is 31.0. The Kier molecular flexibility index (Phi) is 7.45. The van der Waals surface area contributed by atoms with Gasteiger partial charge in [-0.1, -0.05) is 46.5 Å². The van der Waals surface area contributed by atoms with Gasteiger partial charge in [-0.3, -0.25) is 0 Å². The third kappa shape index (κ3) is 4.55. The van der Waals surface area contributed by atoms with Gasteiger partial charge in [0.2, 0.25) is 0 Å². The van der Waals surface area contributed by atoms with Crippen molar-refractivity contribution < 1.29 is 4.79 Å². The van der Waals surface area contributed by atoms with Crippen LogP contribution in [-0.4, -0.2) is 11.4 Å². The number of rotatable bonds is 8. The molecule has 0 fully saturated rings. The van der Waals surface area contributed by atoms with Gasteiger partial charge in [0.1, 0.15) is 6.29 Å². The molecule has 14 heavy (non-hydrogen) atoms. The quantitative estimate of drug-likeness (QED) is 0.445. The predicted molar refractivity (Wildman–Crippen MR) is 66.7 cm³/mol. The van der Waals surface area contributed by atoms with Crippen LogP contribution >= 0.6 is 9.24 Å². The van der Waals surface area contributed by atoms with Crippen LogP contribution in [0, 0.1) is 5.92 Å². The standard InChI is InChI=1S/C12H25OP/c1-4-6-8-12(14,9-7-5-2)11(3)10-13/h10-11H,4-9,14H2,1-3H3. The molecule has 2 heteroatoms. The average molecular weight is 216 g/mol. The van der Waals surface area contributed by atoms with Crippen molar-refractivity contribution >= 4 is 15.5 Å². The summed E-state index contributed by atoms with van der Waals surface area (Å²) in [7, 11) is 2.94. The van der Waals surface area contributed by atoms with E-state index in [-0.39, 0.29) is 11.1 Å². The lowest BCUT2D eigenvalue weighted by Gasteiger charge is -2.32. The Balaban J connectivity index is 4.23. The fraction of sp³-hybridized carbons (Fsp3) is 0.917. The van der Waals surface area contributed by atoms with Crippen molar-refractivity contribution in [3.05, 3.63) is 0 Å². The van der Waals surface area contributed by atoms with E-state index in [4.69, 9.17) is 0 Å². The average Bonchev–Trinajstić information content (AvgIpc) is 2.22. The molecule has 0 aliphatic heterocycles. The topological polar surface area (TPSA) is 17.1 Å². The minimum atomic E-state index is 0.160. The molecule has 0 radical (unpaired) electrons. The van der Waals surface area contributed by atoms with Crippen molar-refractivity contribution in [2.45, 2.75) is 64.5 Å². The summed E-state index contributed by atoms with van der Waals surface area (Å²) in [6.07, 6.45) is 8.32. The van der Waals surface area contributed by atoms with E-state index in [9.17, 15) is 4.79 Å². The number of carbonyl (C=O) groups excluding carboxylic acids is 1. The van der Waals surface area contributed by atoms with E-state index in [1.807, 2.05) is 6.92 Å². The molecule has 0 amide bonds. The SMILES string of the molecule is CCCCC(P)(CCCC)C(C)C=O. The minimum Gasteiger partial charge on any atom is -0.303 e. The molecule has 0 aliphatic rings. The summed E-state index contributed by atoms with van der Waals surface area (Å²) in [4.78, 5) is 10.9. The Morgan fingerprint density at radius 2 is 1.64 bits per heavy atom. The van der Waals surface area contributed by atoms with Gasteiger partial charge in [0.05, 0.1) is 0 Å². The maximum absolute atomic E-state index is 10.9. The van der Waals surface area contributed by atoms with E-state index in [1.54, 1.807) is 0 Å². The van der Waals surface area contributed by atoms with Crippen molar-refractivity contribution in [2.24, 2.45) is 5.92 Å². The van der Waals surface area contributed by atoms with Gasteiger partial charge in [-0.2, -0.15) is 0 Å².